The van der Waals surface area contributed by atoms with Crippen LogP contribution in [0.3, 0.4) is 0 Å². The minimum absolute atomic E-state index is 0.280. The minimum Gasteiger partial charge on any atom is -0.490 e. The summed E-state index contributed by atoms with van der Waals surface area (Å²) in [6.45, 7) is 9.84. The number of methoxy groups -OCH3 is 1. The zero-order valence-electron chi connectivity index (χ0n) is 20.0. The summed E-state index contributed by atoms with van der Waals surface area (Å²) in [4.78, 5) is 31.5. The summed E-state index contributed by atoms with van der Waals surface area (Å²) in [5.41, 5.74) is 1.14. The Morgan fingerprint density at radius 3 is 2.69 bits per heavy atom. The van der Waals surface area contributed by atoms with Gasteiger partial charge >= 0.3 is 5.97 Å². The molecule has 1 atom stereocenters. The average molecular weight is 495 g/mol. The standard InChI is InChI=1S/C26H26N2O6S/c1-6-12-33-19-11-9-17(13-20(19)32-7-2)23-22(25(30)31-5)16(4)27-26-28(23)24(29)21(35-26)14-18-10-8-15(3)34-18/h6,8-11,13-14,23H,1,7,12H2,2-5H3/b21-14-. The first kappa shape index (κ1) is 24.3. The van der Waals surface area contributed by atoms with Gasteiger partial charge in [-0.1, -0.05) is 30.1 Å². The fraction of sp³-hybridized carbons (Fsp3) is 0.269. The van der Waals surface area contributed by atoms with Crippen LogP contribution in [0.4, 0.5) is 0 Å². The number of benzene rings is 1. The summed E-state index contributed by atoms with van der Waals surface area (Å²) in [7, 11) is 1.31. The maximum absolute atomic E-state index is 13.6. The second kappa shape index (κ2) is 10.2. The normalized spacial score (nSPS) is 15.4. The third-order valence-corrected chi connectivity index (χ3v) is 6.38. The largest absolute Gasteiger partial charge is 0.490 e. The van der Waals surface area contributed by atoms with Crippen LogP contribution in [0.15, 0.2) is 68.5 Å². The fourth-order valence-electron chi connectivity index (χ4n) is 3.90. The van der Waals surface area contributed by atoms with Crippen molar-refractivity contribution in [2.24, 2.45) is 4.99 Å². The molecule has 35 heavy (non-hydrogen) atoms. The molecule has 0 saturated carbocycles. The molecular formula is C26H26N2O6S. The Labute approximate surface area is 206 Å². The van der Waals surface area contributed by atoms with E-state index in [0.717, 1.165) is 5.76 Å². The number of hydrogen-bond acceptors (Lipinski definition) is 8. The molecule has 3 aromatic rings. The molecule has 0 N–H and O–H groups in total. The highest BCUT2D eigenvalue weighted by atomic mass is 32.1. The number of thiazole rings is 1. The van der Waals surface area contributed by atoms with Gasteiger partial charge in [0.1, 0.15) is 18.1 Å². The van der Waals surface area contributed by atoms with Gasteiger partial charge in [0.2, 0.25) is 0 Å². The molecule has 1 aliphatic rings. The van der Waals surface area contributed by atoms with E-state index in [0.29, 0.717) is 51.1 Å². The maximum atomic E-state index is 13.6. The van der Waals surface area contributed by atoms with Crippen LogP contribution in [-0.2, 0) is 9.53 Å². The second-order valence-electron chi connectivity index (χ2n) is 7.76. The minimum atomic E-state index is -0.758. The van der Waals surface area contributed by atoms with Gasteiger partial charge in [0, 0.05) is 6.08 Å². The van der Waals surface area contributed by atoms with Crippen LogP contribution in [0, 0.1) is 6.92 Å². The van der Waals surface area contributed by atoms with E-state index in [1.807, 2.05) is 19.9 Å². The molecule has 0 aliphatic carbocycles. The van der Waals surface area contributed by atoms with E-state index in [-0.39, 0.29) is 11.1 Å². The number of carbonyl (C=O) groups excluding carboxylic acids is 1. The molecule has 9 heteroatoms. The predicted molar refractivity (Wildman–Crippen MR) is 133 cm³/mol. The number of rotatable bonds is 8. The molecule has 1 aliphatic heterocycles. The molecular weight excluding hydrogens is 468 g/mol. The summed E-state index contributed by atoms with van der Waals surface area (Å²) in [6.07, 6.45) is 3.33. The molecule has 1 aromatic carbocycles. The van der Waals surface area contributed by atoms with E-state index in [9.17, 15) is 9.59 Å². The first-order valence-corrected chi connectivity index (χ1v) is 11.9. The number of fused-ring (bicyclic) bond motifs is 1. The molecule has 3 heterocycles. The number of ether oxygens (including phenoxy) is 3. The van der Waals surface area contributed by atoms with Crippen LogP contribution in [-0.4, -0.2) is 30.9 Å². The van der Waals surface area contributed by atoms with Gasteiger partial charge in [-0.3, -0.25) is 9.36 Å². The molecule has 0 amide bonds. The molecule has 0 radical (unpaired) electrons. The topological polar surface area (TPSA) is 92.3 Å². The Kier molecular flexibility index (Phi) is 7.07. The van der Waals surface area contributed by atoms with Crippen molar-refractivity contribution < 1.29 is 23.4 Å². The average Bonchev–Trinajstić information content (AvgIpc) is 3.39. The fourth-order valence-corrected chi connectivity index (χ4v) is 4.93. The molecule has 0 bridgehead atoms. The van der Waals surface area contributed by atoms with Gasteiger partial charge < -0.3 is 18.6 Å². The van der Waals surface area contributed by atoms with E-state index in [2.05, 4.69) is 11.6 Å². The van der Waals surface area contributed by atoms with Gasteiger partial charge in [-0.15, -0.1) is 0 Å². The lowest BCUT2D eigenvalue weighted by Crippen LogP contribution is -2.39. The van der Waals surface area contributed by atoms with Crippen LogP contribution in [0.1, 0.15) is 37.0 Å². The third kappa shape index (κ3) is 4.72. The number of esters is 1. The highest BCUT2D eigenvalue weighted by molar-refractivity contribution is 7.07. The molecule has 0 saturated heterocycles. The molecule has 1 unspecified atom stereocenters. The van der Waals surface area contributed by atoms with E-state index < -0.39 is 12.0 Å². The monoisotopic (exact) mass is 494 g/mol. The number of hydrogen-bond donors (Lipinski definition) is 0. The van der Waals surface area contributed by atoms with Crippen LogP contribution >= 0.6 is 11.3 Å². The SMILES string of the molecule is C=CCOc1ccc(C2C(C(=O)OC)=C(C)N=c3s/c(=C\c4ccc(C)o4)c(=O)n32)cc1OCC. The summed E-state index contributed by atoms with van der Waals surface area (Å²) in [6, 6.07) is 8.21. The smallest absolute Gasteiger partial charge is 0.338 e. The number of aryl methyl sites for hydroxylation is 1. The predicted octanol–water partition coefficient (Wildman–Crippen LogP) is 3.27. The lowest BCUT2D eigenvalue weighted by atomic mass is 9.95. The lowest BCUT2D eigenvalue weighted by molar-refractivity contribution is -0.136. The second-order valence-corrected chi connectivity index (χ2v) is 8.77. The Bertz CT molecular complexity index is 1490. The molecule has 182 valence electrons. The van der Waals surface area contributed by atoms with Gasteiger partial charge in [0.05, 0.1) is 35.6 Å². The molecule has 0 spiro atoms. The number of furan rings is 1. The lowest BCUT2D eigenvalue weighted by Gasteiger charge is -2.25. The Morgan fingerprint density at radius 1 is 1.23 bits per heavy atom. The van der Waals surface area contributed by atoms with Crippen molar-refractivity contribution in [1.82, 2.24) is 4.57 Å². The summed E-state index contributed by atoms with van der Waals surface area (Å²) < 4.78 is 24.2. The molecule has 2 aromatic heterocycles. The summed E-state index contributed by atoms with van der Waals surface area (Å²) in [5.74, 6) is 1.79. The number of nitrogens with zero attached hydrogens (tertiary/aromatic N) is 2. The number of aromatic nitrogens is 1. The van der Waals surface area contributed by atoms with Crippen molar-refractivity contribution in [3.05, 3.63) is 91.0 Å². The van der Waals surface area contributed by atoms with Gasteiger partial charge in [0.25, 0.3) is 5.56 Å². The zero-order chi connectivity index (χ0) is 25.1. The van der Waals surface area contributed by atoms with Crippen LogP contribution in [0.25, 0.3) is 6.08 Å². The third-order valence-electron chi connectivity index (χ3n) is 5.40. The number of allylic oxidation sites excluding steroid dienone is 1. The quantitative estimate of drug-likeness (QED) is 0.353. The van der Waals surface area contributed by atoms with Gasteiger partial charge in [-0.25, -0.2) is 9.79 Å². The van der Waals surface area contributed by atoms with Gasteiger partial charge in [-0.05, 0) is 50.6 Å². The van der Waals surface area contributed by atoms with Crippen molar-refractivity contribution in [2.75, 3.05) is 20.3 Å². The van der Waals surface area contributed by atoms with Crippen molar-refractivity contribution in [2.45, 2.75) is 26.8 Å². The van der Waals surface area contributed by atoms with E-state index in [4.69, 9.17) is 18.6 Å². The Morgan fingerprint density at radius 2 is 2.03 bits per heavy atom. The molecule has 4 rings (SSSR count). The number of carbonyl (C=O) groups is 1. The van der Waals surface area contributed by atoms with E-state index in [1.54, 1.807) is 43.3 Å². The van der Waals surface area contributed by atoms with Crippen LogP contribution < -0.4 is 24.4 Å². The zero-order valence-corrected chi connectivity index (χ0v) is 20.8. The first-order chi connectivity index (χ1) is 16.9. The Balaban J connectivity index is 1.94. The molecule has 0 fully saturated rings. The first-order valence-electron chi connectivity index (χ1n) is 11.1. The highest BCUT2D eigenvalue weighted by Gasteiger charge is 2.33. The van der Waals surface area contributed by atoms with Crippen molar-refractivity contribution in [1.29, 1.82) is 0 Å². The van der Waals surface area contributed by atoms with Gasteiger partial charge in [-0.2, -0.15) is 0 Å². The summed E-state index contributed by atoms with van der Waals surface area (Å²) >= 11 is 1.23. The van der Waals surface area contributed by atoms with Crippen LogP contribution in [0.2, 0.25) is 0 Å². The van der Waals surface area contributed by atoms with Crippen LogP contribution in [0.5, 0.6) is 11.5 Å². The Hall–Kier alpha value is -3.85. The van der Waals surface area contributed by atoms with E-state index in [1.165, 1.54) is 23.0 Å². The maximum Gasteiger partial charge on any atom is 0.338 e. The van der Waals surface area contributed by atoms with Crippen molar-refractivity contribution >= 4 is 23.4 Å². The highest BCUT2D eigenvalue weighted by Crippen LogP contribution is 2.36. The van der Waals surface area contributed by atoms with Crippen molar-refractivity contribution in [3.8, 4) is 11.5 Å². The van der Waals surface area contributed by atoms with Gasteiger partial charge in [0.15, 0.2) is 16.3 Å². The van der Waals surface area contributed by atoms with E-state index >= 15 is 0 Å². The van der Waals surface area contributed by atoms with Crippen molar-refractivity contribution in [3.63, 3.8) is 0 Å². The summed E-state index contributed by atoms with van der Waals surface area (Å²) in [5, 5.41) is 0. The molecule has 8 nitrogen and oxygen atoms in total.